The van der Waals surface area contributed by atoms with Crippen LogP contribution >= 0.6 is 0 Å². The Morgan fingerprint density at radius 3 is 2.56 bits per heavy atom. The molecule has 0 unspecified atom stereocenters. The van der Waals surface area contributed by atoms with Crippen LogP contribution in [0.5, 0.6) is 0 Å². The molecule has 2 heteroatoms. The fourth-order valence-electron chi connectivity index (χ4n) is 2.71. The highest BCUT2D eigenvalue weighted by Gasteiger charge is 2.36. The average molecular weight is 245 g/mol. The van der Waals surface area contributed by atoms with Crippen LogP contribution in [0.2, 0.25) is 0 Å². The minimum atomic E-state index is -0.372. The van der Waals surface area contributed by atoms with E-state index in [-0.39, 0.29) is 11.3 Å². The fraction of sp³-hybridized carbons (Fsp3) is 0.562. The summed E-state index contributed by atoms with van der Waals surface area (Å²) in [5.74, 6) is 0.250. The first-order chi connectivity index (χ1) is 8.55. The third-order valence-corrected chi connectivity index (χ3v) is 4.05. The lowest BCUT2D eigenvalue weighted by Crippen LogP contribution is -2.48. The molecular weight excluding hydrogens is 222 g/mol. The SMILES string of the molecule is CCc1cccc(C(=O)C(C)(C)N2CCCC2)c1. The first-order valence-electron chi connectivity index (χ1n) is 6.94. The number of ketones is 1. The summed E-state index contributed by atoms with van der Waals surface area (Å²) >= 11 is 0. The topological polar surface area (TPSA) is 20.3 Å². The van der Waals surface area contributed by atoms with Gasteiger partial charge in [-0.1, -0.05) is 25.1 Å². The predicted molar refractivity (Wildman–Crippen MR) is 75.0 cm³/mol. The molecule has 1 heterocycles. The maximum atomic E-state index is 12.7. The quantitative estimate of drug-likeness (QED) is 0.759. The number of carbonyl (C=O) groups excluding carboxylic acids is 1. The van der Waals surface area contributed by atoms with E-state index in [0.717, 1.165) is 25.1 Å². The molecule has 1 aromatic rings. The number of rotatable bonds is 4. The Morgan fingerprint density at radius 1 is 1.28 bits per heavy atom. The summed E-state index contributed by atoms with van der Waals surface area (Å²) in [5.41, 5.74) is 1.72. The van der Waals surface area contributed by atoms with Crippen LogP contribution in [-0.2, 0) is 6.42 Å². The zero-order chi connectivity index (χ0) is 13.2. The van der Waals surface area contributed by atoms with Gasteiger partial charge in [0.2, 0.25) is 0 Å². The van der Waals surface area contributed by atoms with Gasteiger partial charge in [0.1, 0.15) is 0 Å². The van der Waals surface area contributed by atoms with E-state index in [4.69, 9.17) is 0 Å². The molecule has 0 bridgehead atoms. The Morgan fingerprint density at radius 2 is 1.94 bits per heavy atom. The van der Waals surface area contributed by atoms with Crippen molar-refractivity contribution in [2.75, 3.05) is 13.1 Å². The number of likely N-dealkylation sites (tertiary alicyclic amines) is 1. The van der Waals surface area contributed by atoms with E-state index >= 15 is 0 Å². The van der Waals surface area contributed by atoms with E-state index in [1.165, 1.54) is 18.4 Å². The van der Waals surface area contributed by atoms with Crippen molar-refractivity contribution in [1.29, 1.82) is 0 Å². The molecule has 0 amide bonds. The minimum Gasteiger partial charge on any atom is -0.292 e. The van der Waals surface area contributed by atoms with Crippen LogP contribution in [0.3, 0.4) is 0 Å². The molecule has 1 aliphatic rings. The Labute approximate surface area is 110 Å². The molecule has 0 aliphatic carbocycles. The third-order valence-electron chi connectivity index (χ3n) is 4.05. The van der Waals surface area contributed by atoms with Gasteiger partial charge in [-0.25, -0.2) is 0 Å². The van der Waals surface area contributed by atoms with Crippen molar-refractivity contribution in [2.45, 2.75) is 45.6 Å². The summed E-state index contributed by atoms with van der Waals surface area (Å²) in [6.45, 7) is 8.33. The smallest absolute Gasteiger partial charge is 0.182 e. The molecule has 0 N–H and O–H groups in total. The number of hydrogen-bond acceptors (Lipinski definition) is 2. The van der Waals surface area contributed by atoms with Gasteiger partial charge in [0.15, 0.2) is 5.78 Å². The van der Waals surface area contributed by atoms with Crippen molar-refractivity contribution in [1.82, 2.24) is 4.90 Å². The van der Waals surface area contributed by atoms with Crippen LogP contribution in [0.15, 0.2) is 24.3 Å². The highest BCUT2D eigenvalue weighted by molar-refractivity contribution is 6.02. The van der Waals surface area contributed by atoms with Crippen LogP contribution < -0.4 is 0 Å². The second-order valence-electron chi connectivity index (χ2n) is 5.64. The van der Waals surface area contributed by atoms with E-state index in [0.29, 0.717) is 0 Å². The van der Waals surface area contributed by atoms with Gasteiger partial charge in [0.05, 0.1) is 5.54 Å². The third kappa shape index (κ3) is 2.49. The maximum absolute atomic E-state index is 12.7. The molecule has 0 atom stereocenters. The van der Waals surface area contributed by atoms with E-state index in [2.05, 4.69) is 31.7 Å². The number of hydrogen-bond donors (Lipinski definition) is 0. The molecular formula is C16H23NO. The van der Waals surface area contributed by atoms with Crippen molar-refractivity contribution >= 4 is 5.78 Å². The maximum Gasteiger partial charge on any atom is 0.182 e. The van der Waals surface area contributed by atoms with E-state index < -0.39 is 0 Å². The van der Waals surface area contributed by atoms with Crippen molar-refractivity contribution in [3.63, 3.8) is 0 Å². The van der Waals surface area contributed by atoms with E-state index in [1.807, 2.05) is 18.2 Å². The van der Waals surface area contributed by atoms with Crippen molar-refractivity contribution in [3.8, 4) is 0 Å². The van der Waals surface area contributed by atoms with Gasteiger partial charge in [-0.3, -0.25) is 9.69 Å². The molecule has 1 aromatic carbocycles. The average Bonchev–Trinajstić information content (AvgIpc) is 2.92. The molecule has 0 radical (unpaired) electrons. The van der Waals surface area contributed by atoms with E-state index in [9.17, 15) is 4.79 Å². The second-order valence-corrected chi connectivity index (χ2v) is 5.64. The van der Waals surface area contributed by atoms with Crippen molar-refractivity contribution in [3.05, 3.63) is 35.4 Å². The molecule has 0 spiro atoms. The molecule has 2 nitrogen and oxygen atoms in total. The lowest BCUT2D eigenvalue weighted by Gasteiger charge is -2.34. The summed E-state index contributed by atoms with van der Waals surface area (Å²) in [5, 5.41) is 0. The molecule has 2 rings (SSSR count). The number of nitrogens with zero attached hydrogens (tertiary/aromatic N) is 1. The van der Waals surface area contributed by atoms with Crippen LogP contribution in [0.1, 0.15) is 49.5 Å². The minimum absolute atomic E-state index is 0.250. The number of Topliss-reactive ketones (excluding diaryl/α,β-unsaturated/α-hetero) is 1. The Kier molecular flexibility index (Phi) is 3.86. The van der Waals surface area contributed by atoms with Crippen LogP contribution in [0.4, 0.5) is 0 Å². The van der Waals surface area contributed by atoms with Gasteiger partial charge in [-0.05, 0) is 57.8 Å². The largest absolute Gasteiger partial charge is 0.292 e. The molecule has 1 saturated heterocycles. The van der Waals surface area contributed by atoms with Gasteiger partial charge in [-0.15, -0.1) is 0 Å². The fourth-order valence-corrected chi connectivity index (χ4v) is 2.71. The van der Waals surface area contributed by atoms with Crippen LogP contribution in [-0.4, -0.2) is 29.3 Å². The summed E-state index contributed by atoms with van der Waals surface area (Å²) in [4.78, 5) is 15.0. The summed E-state index contributed by atoms with van der Waals surface area (Å²) < 4.78 is 0. The number of benzene rings is 1. The lowest BCUT2D eigenvalue weighted by atomic mass is 9.90. The Hall–Kier alpha value is -1.15. The van der Waals surface area contributed by atoms with Crippen LogP contribution in [0, 0.1) is 0 Å². The first-order valence-corrected chi connectivity index (χ1v) is 6.94. The van der Waals surface area contributed by atoms with Crippen LogP contribution in [0.25, 0.3) is 0 Å². The molecule has 18 heavy (non-hydrogen) atoms. The van der Waals surface area contributed by atoms with Gasteiger partial charge in [0.25, 0.3) is 0 Å². The summed E-state index contributed by atoms with van der Waals surface area (Å²) in [6.07, 6.45) is 3.41. The standard InChI is InChI=1S/C16H23NO/c1-4-13-8-7-9-14(12-13)15(18)16(2,3)17-10-5-6-11-17/h7-9,12H,4-6,10-11H2,1-3H3. The molecule has 98 valence electrons. The second kappa shape index (κ2) is 5.23. The highest BCUT2D eigenvalue weighted by atomic mass is 16.1. The molecule has 0 saturated carbocycles. The van der Waals surface area contributed by atoms with Crippen molar-refractivity contribution in [2.24, 2.45) is 0 Å². The molecule has 0 aromatic heterocycles. The Bertz CT molecular complexity index is 430. The summed E-state index contributed by atoms with van der Waals surface area (Å²) in [6, 6.07) is 8.06. The highest BCUT2D eigenvalue weighted by Crippen LogP contribution is 2.25. The normalized spacial score (nSPS) is 17.1. The summed E-state index contributed by atoms with van der Waals surface area (Å²) in [7, 11) is 0. The molecule has 1 aliphatic heterocycles. The van der Waals surface area contributed by atoms with Crippen molar-refractivity contribution < 1.29 is 4.79 Å². The zero-order valence-electron chi connectivity index (χ0n) is 11.7. The monoisotopic (exact) mass is 245 g/mol. The van der Waals surface area contributed by atoms with Gasteiger partial charge < -0.3 is 0 Å². The van der Waals surface area contributed by atoms with E-state index in [1.54, 1.807) is 0 Å². The first kappa shape index (κ1) is 13.3. The lowest BCUT2D eigenvalue weighted by molar-refractivity contribution is 0.0702. The van der Waals surface area contributed by atoms with Gasteiger partial charge in [-0.2, -0.15) is 0 Å². The van der Waals surface area contributed by atoms with Gasteiger partial charge >= 0.3 is 0 Å². The number of aryl methyl sites for hydroxylation is 1. The molecule has 1 fully saturated rings. The Balaban J connectivity index is 2.23. The van der Waals surface area contributed by atoms with Gasteiger partial charge in [0, 0.05) is 5.56 Å². The number of carbonyl (C=O) groups is 1. The predicted octanol–water partition coefficient (Wildman–Crippen LogP) is 3.31. The zero-order valence-corrected chi connectivity index (χ0v) is 11.7.